The van der Waals surface area contributed by atoms with Crippen molar-refractivity contribution >= 4 is 29.0 Å². The van der Waals surface area contributed by atoms with Gasteiger partial charge >= 0.3 is 0 Å². The summed E-state index contributed by atoms with van der Waals surface area (Å²) in [4.78, 5) is 25.1. The van der Waals surface area contributed by atoms with E-state index in [2.05, 4.69) is 17.2 Å². The lowest BCUT2D eigenvalue weighted by Crippen LogP contribution is -2.75. The number of hydrogen-bond acceptors (Lipinski definition) is 4. The predicted molar refractivity (Wildman–Crippen MR) is 118 cm³/mol. The molecule has 0 spiro atoms. The van der Waals surface area contributed by atoms with Crippen molar-refractivity contribution in [3.8, 4) is 5.75 Å². The number of halogens is 3. The first-order valence-electron chi connectivity index (χ1n) is 10.2. The van der Waals surface area contributed by atoms with Crippen LogP contribution in [0.4, 0.5) is 14.5 Å². The predicted octanol–water partition coefficient (Wildman–Crippen LogP) is 5.25. The third-order valence-electron chi connectivity index (χ3n) is 5.97. The van der Waals surface area contributed by atoms with Gasteiger partial charge in [0.2, 0.25) is 0 Å². The lowest BCUT2D eigenvalue weighted by atomic mass is 9.38. The van der Waals surface area contributed by atoms with Gasteiger partial charge in [-0.3, -0.25) is 9.59 Å². The Hall–Kier alpha value is -2.93. The summed E-state index contributed by atoms with van der Waals surface area (Å²) in [6, 6.07) is 8.06. The number of nitrogens with one attached hydrogen (secondary N) is 2. The van der Waals surface area contributed by atoms with Crippen molar-refractivity contribution in [3.63, 3.8) is 0 Å². The molecule has 3 aliphatic rings. The molecule has 0 heterocycles. The number of allylic oxidation sites excluding steroid dienone is 1. The van der Waals surface area contributed by atoms with Crippen molar-refractivity contribution in [2.75, 3.05) is 11.9 Å². The highest BCUT2D eigenvalue weighted by atomic mass is 35.5. The molecular formula is C24H23ClF2N2O3. The molecule has 0 saturated heterocycles. The fourth-order valence-electron chi connectivity index (χ4n) is 4.89. The first-order valence-corrected chi connectivity index (χ1v) is 10.6. The minimum Gasteiger partial charge on any atom is -0.484 e. The topological polar surface area (TPSA) is 67.4 Å². The van der Waals surface area contributed by atoms with Crippen LogP contribution in [0.5, 0.6) is 5.75 Å². The molecule has 3 saturated carbocycles. The summed E-state index contributed by atoms with van der Waals surface area (Å²) in [5.41, 5.74) is 0.999. The van der Waals surface area contributed by atoms with Gasteiger partial charge in [-0.15, -0.1) is 0 Å². The summed E-state index contributed by atoms with van der Waals surface area (Å²) in [6.07, 6.45) is 2.35. The van der Waals surface area contributed by atoms with E-state index < -0.39 is 11.6 Å². The van der Waals surface area contributed by atoms with Crippen molar-refractivity contribution in [2.24, 2.45) is 5.41 Å². The highest BCUT2D eigenvalue weighted by Crippen LogP contribution is 2.69. The van der Waals surface area contributed by atoms with Crippen molar-refractivity contribution in [3.05, 3.63) is 70.9 Å². The van der Waals surface area contributed by atoms with Crippen LogP contribution in [-0.2, 0) is 4.79 Å². The lowest BCUT2D eigenvalue weighted by molar-refractivity contribution is -0.164. The van der Waals surface area contributed by atoms with Crippen molar-refractivity contribution in [1.29, 1.82) is 0 Å². The number of Topliss-reactive ketones (excluding diaryl/α,β-unsaturated/α-hetero) is 1. The zero-order valence-corrected chi connectivity index (χ0v) is 18.3. The Kier molecular flexibility index (Phi) is 5.71. The van der Waals surface area contributed by atoms with Crippen LogP contribution in [-0.4, -0.2) is 23.8 Å². The summed E-state index contributed by atoms with van der Waals surface area (Å²) < 4.78 is 32.5. The number of benzene rings is 2. The van der Waals surface area contributed by atoms with E-state index in [0.29, 0.717) is 42.6 Å². The molecule has 1 amide bonds. The normalized spacial score (nSPS) is 22.9. The Labute approximate surface area is 189 Å². The molecule has 3 fully saturated rings. The highest BCUT2D eigenvalue weighted by molar-refractivity contribution is 6.30. The van der Waals surface area contributed by atoms with Gasteiger partial charge in [0.05, 0.1) is 5.02 Å². The molecule has 0 aliphatic heterocycles. The summed E-state index contributed by atoms with van der Waals surface area (Å²) in [5.74, 6) is -1.31. The summed E-state index contributed by atoms with van der Waals surface area (Å²) >= 11 is 5.63. The highest BCUT2D eigenvalue weighted by Gasteiger charge is 2.68. The number of ether oxygens (including phenoxy) is 1. The van der Waals surface area contributed by atoms with Gasteiger partial charge in [0.25, 0.3) is 5.91 Å². The molecule has 0 atom stereocenters. The molecule has 3 aliphatic carbocycles. The van der Waals surface area contributed by atoms with Crippen LogP contribution >= 0.6 is 11.6 Å². The molecule has 2 N–H and O–H groups in total. The molecule has 168 valence electrons. The number of amides is 1. The van der Waals surface area contributed by atoms with Gasteiger partial charge in [-0.2, -0.15) is 0 Å². The van der Waals surface area contributed by atoms with Gasteiger partial charge in [0, 0.05) is 35.0 Å². The molecule has 32 heavy (non-hydrogen) atoms. The lowest BCUT2D eigenvalue weighted by Gasteiger charge is -2.70. The maximum Gasteiger partial charge on any atom is 0.258 e. The number of hydrogen-bond donors (Lipinski definition) is 2. The van der Waals surface area contributed by atoms with E-state index in [1.54, 1.807) is 6.92 Å². The maximum atomic E-state index is 13.7. The second-order valence-corrected chi connectivity index (χ2v) is 9.33. The Balaban J connectivity index is 1.29. The summed E-state index contributed by atoms with van der Waals surface area (Å²) in [7, 11) is 0. The smallest absolute Gasteiger partial charge is 0.258 e. The van der Waals surface area contributed by atoms with Gasteiger partial charge in [-0.25, -0.2) is 8.78 Å². The van der Waals surface area contributed by atoms with Crippen molar-refractivity contribution < 1.29 is 23.1 Å². The number of anilines is 1. The van der Waals surface area contributed by atoms with Crippen LogP contribution < -0.4 is 15.4 Å². The molecular weight excluding hydrogens is 438 g/mol. The fourth-order valence-corrected chi connectivity index (χ4v) is 5.01. The third-order valence-corrected chi connectivity index (χ3v) is 6.28. The van der Waals surface area contributed by atoms with E-state index in [1.807, 2.05) is 0 Å². The first kappa shape index (κ1) is 22.3. The van der Waals surface area contributed by atoms with Crippen LogP contribution in [0.2, 0.25) is 5.02 Å². The van der Waals surface area contributed by atoms with Crippen LogP contribution in [0.15, 0.2) is 48.7 Å². The monoisotopic (exact) mass is 460 g/mol. The quantitative estimate of drug-likeness (QED) is 0.501. The van der Waals surface area contributed by atoms with Crippen LogP contribution in [0.3, 0.4) is 0 Å². The van der Waals surface area contributed by atoms with E-state index >= 15 is 0 Å². The van der Waals surface area contributed by atoms with Crippen molar-refractivity contribution in [1.82, 2.24) is 5.32 Å². The average Bonchev–Trinajstić information content (AvgIpc) is 2.67. The van der Waals surface area contributed by atoms with Crippen LogP contribution in [0.1, 0.15) is 43.0 Å². The van der Waals surface area contributed by atoms with Crippen molar-refractivity contribution in [2.45, 2.75) is 38.1 Å². The minimum absolute atomic E-state index is 0.0173. The second-order valence-electron chi connectivity index (χ2n) is 8.92. The standard InChI is InChI=1S/C24H23ClF2N2O3/c1-14(2)28-20-6-3-15(26)7-17(20)21(30)9-23-11-24(12-23,13-23)29-22(31)10-32-16-4-5-18(25)19(27)8-16/h3-8,28H,1,9-13H2,2H3,(H,29,31). The summed E-state index contributed by atoms with van der Waals surface area (Å²) in [6.45, 7) is 5.29. The Bertz CT molecular complexity index is 1100. The van der Waals surface area contributed by atoms with E-state index in [9.17, 15) is 18.4 Å². The van der Waals surface area contributed by atoms with E-state index in [1.165, 1.54) is 30.3 Å². The van der Waals surface area contributed by atoms with Crippen LogP contribution in [0.25, 0.3) is 0 Å². The third kappa shape index (κ3) is 4.48. The molecule has 8 heteroatoms. The molecule has 2 bridgehead atoms. The largest absolute Gasteiger partial charge is 0.484 e. The Morgan fingerprint density at radius 2 is 1.88 bits per heavy atom. The molecule has 2 aromatic rings. The number of ketones is 1. The maximum absolute atomic E-state index is 13.7. The van der Waals surface area contributed by atoms with Gasteiger partial charge in [0.1, 0.15) is 17.4 Å². The van der Waals surface area contributed by atoms with Crippen LogP contribution in [0, 0.1) is 17.0 Å². The molecule has 5 rings (SSSR count). The first-order chi connectivity index (χ1) is 15.1. The second kappa shape index (κ2) is 8.20. The zero-order chi connectivity index (χ0) is 23.1. The Morgan fingerprint density at radius 3 is 2.53 bits per heavy atom. The minimum atomic E-state index is -0.615. The van der Waals surface area contributed by atoms with Gasteiger partial charge < -0.3 is 15.4 Å². The summed E-state index contributed by atoms with van der Waals surface area (Å²) in [5, 5.41) is 5.94. The Morgan fingerprint density at radius 1 is 1.16 bits per heavy atom. The fraction of sp³-hybridized carbons (Fsp3) is 0.333. The SMILES string of the molecule is C=C(C)Nc1ccc(F)cc1C(=O)CC12CC(NC(=O)COc3ccc(Cl)c(F)c3)(C1)C2. The molecule has 2 aromatic carbocycles. The van der Waals surface area contributed by atoms with E-state index in [-0.39, 0.29) is 40.0 Å². The van der Waals surface area contributed by atoms with Gasteiger partial charge in [-0.05, 0) is 61.9 Å². The molecule has 0 aromatic heterocycles. The molecule has 5 nitrogen and oxygen atoms in total. The zero-order valence-electron chi connectivity index (χ0n) is 17.6. The van der Waals surface area contributed by atoms with E-state index in [4.69, 9.17) is 16.3 Å². The van der Waals surface area contributed by atoms with E-state index in [0.717, 1.165) is 6.07 Å². The number of carbonyl (C=O) groups is 2. The van der Waals surface area contributed by atoms with Gasteiger partial charge in [-0.1, -0.05) is 18.2 Å². The molecule has 0 unspecified atom stereocenters. The number of carbonyl (C=O) groups excluding carboxylic acids is 2. The number of rotatable bonds is 9. The average molecular weight is 461 g/mol. The molecule has 0 radical (unpaired) electrons. The van der Waals surface area contributed by atoms with Gasteiger partial charge in [0.15, 0.2) is 12.4 Å².